The highest BCUT2D eigenvalue weighted by molar-refractivity contribution is 7.89. The van der Waals surface area contributed by atoms with E-state index in [0.29, 0.717) is 17.5 Å². The fourth-order valence-electron chi connectivity index (χ4n) is 2.02. The van der Waals surface area contributed by atoms with Crippen LogP contribution < -0.4 is 0 Å². The topological polar surface area (TPSA) is 101 Å². The molecule has 1 aromatic carbocycles. The predicted molar refractivity (Wildman–Crippen MR) is 78.7 cm³/mol. The van der Waals surface area contributed by atoms with Gasteiger partial charge in [-0.05, 0) is 31.4 Å². The van der Waals surface area contributed by atoms with Crippen LogP contribution >= 0.6 is 0 Å². The second-order valence-electron chi connectivity index (χ2n) is 4.72. The van der Waals surface area contributed by atoms with Gasteiger partial charge < -0.3 is 5.11 Å². The van der Waals surface area contributed by atoms with Crippen molar-refractivity contribution >= 4 is 15.7 Å². The van der Waals surface area contributed by atoms with E-state index < -0.39 is 14.9 Å². The third kappa shape index (κ3) is 3.78. The van der Waals surface area contributed by atoms with Crippen molar-refractivity contribution in [3.8, 4) is 0 Å². The van der Waals surface area contributed by atoms with Crippen LogP contribution in [-0.2, 0) is 10.0 Å². The fourth-order valence-corrected chi connectivity index (χ4v) is 3.82. The van der Waals surface area contributed by atoms with Crippen LogP contribution in [0.25, 0.3) is 0 Å². The molecule has 8 heteroatoms. The molecule has 0 radical (unpaired) electrons. The SMILES string of the molecule is CCN(CCCO)S(=O)(=O)c1cc([N+](=O)[O-])cc(C)c1C. The highest BCUT2D eigenvalue weighted by atomic mass is 32.2. The van der Waals surface area contributed by atoms with Crippen molar-refractivity contribution in [3.05, 3.63) is 33.4 Å². The van der Waals surface area contributed by atoms with Crippen molar-refractivity contribution < 1.29 is 18.4 Å². The number of nitro groups is 1. The highest BCUT2D eigenvalue weighted by Gasteiger charge is 2.27. The number of aliphatic hydroxyl groups is 1. The number of sulfonamides is 1. The van der Waals surface area contributed by atoms with Crippen molar-refractivity contribution in [2.24, 2.45) is 0 Å². The van der Waals surface area contributed by atoms with E-state index in [-0.39, 0.29) is 30.3 Å². The number of nitro benzene ring substituents is 1. The average molecular weight is 316 g/mol. The number of nitrogens with zero attached hydrogens (tertiary/aromatic N) is 2. The minimum atomic E-state index is -3.81. The van der Waals surface area contributed by atoms with Crippen LogP contribution in [0, 0.1) is 24.0 Å². The summed E-state index contributed by atoms with van der Waals surface area (Å²) < 4.78 is 26.5. The first-order valence-corrected chi connectivity index (χ1v) is 8.06. The summed E-state index contributed by atoms with van der Waals surface area (Å²) in [6, 6.07) is 2.46. The molecule has 0 amide bonds. The van der Waals surface area contributed by atoms with E-state index in [0.717, 1.165) is 6.07 Å². The number of hydrogen-bond donors (Lipinski definition) is 1. The van der Waals surface area contributed by atoms with Crippen LogP contribution in [0.4, 0.5) is 5.69 Å². The molecule has 1 N–H and O–H groups in total. The molecule has 0 saturated heterocycles. The van der Waals surface area contributed by atoms with Gasteiger partial charge in [0.1, 0.15) is 0 Å². The molecular weight excluding hydrogens is 296 g/mol. The van der Waals surface area contributed by atoms with Crippen molar-refractivity contribution in [3.63, 3.8) is 0 Å². The summed E-state index contributed by atoms with van der Waals surface area (Å²) >= 11 is 0. The van der Waals surface area contributed by atoms with Crippen LogP contribution in [0.2, 0.25) is 0 Å². The minimum Gasteiger partial charge on any atom is -0.396 e. The van der Waals surface area contributed by atoms with Crippen molar-refractivity contribution in [2.75, 3.05) is 19.7 Å². The molecule has 0 spiro atoms. The van der Waals surface area contributed by atoms with Gasteiger partial charge in [0.15, 0.2) is 0 Å². The lowest BCUT2D eigenvalue weighted by molar-refractivity contribution is -0.385. The van der Waals surface area contributed by atoms with E-state index >= 15 is 0 Å². The Labute approximate surface area is 124 Å². The number of aryl methyl sites for hydroxylation is 1. The van der Waals surface area contributed by atoms with Gasteiger partial charge in [-0.3, -0.25) is 10.1 Å². The summed E-state index contributed by atoms with van der Waals surface area (Å²) in [5.41, 5.74) is 0.818. The summed E-state index contributed by atoms with van der Waals surface area (Å²) in [4.78, 5) is 10.3. The van der Waals surface area contributed by atoms with Gasteiger partial charge in [-0.2, -0.15) is 4.31 Å². The Morgan fingerprint density at radius 3 is 2.43 bits per heavy atom. The van der Waals surface area contributed by atoms with Gasteiger partial charge >= 0.3 is 0 Å². The molecule has 1 rings (SSSR count). The monoisotopic (exact) mass is 316 g/mol. The number of hydrogen-bond acceptors (Lipinski definition) is 5. The second-order valence-corrected chi connectivity index (χ2v) is 6.62. The number of benzene rings is 1. The normalized spacial score (nSPS) is 11.9. The maximum Gasteiger partial charge on any atom is 0.271 e. The quantitative estimate of drug-likeness (QED) is 0.608. The Morgan fingerprint density at radius 1 is 1.33 bits per heavy atom. The maximum absolute atomic E-state index is 12.6. The van der Waals surface area contributed by atoms with Gasteiger partial charge in [-0.1, -0.05) is 6.92 Å². The first-order chi connectivity index (χ1) is 9.75. The standard InChI is InChI=1S/C13H20N2O5S/c1-4-14(6-5-7-16)21(19,20)13-9-12(15(17)18)8-10(2)11(13)3/h8-9,16H,4-7H2,1-3H3. The third-order valence-electron chi connectivity index (χ3n) is 3.35. The van der Waals surface area contributed by atoms with Crippen LogP contribution in [0.1, 0.15) is 24.5 Å². The van der Waals surface area contributed by atoms with Gasteiger partial charge in [-0.15, -0.1) is 0 Å². The summed E-state index contributed by atoms with van der Waals surface area (Å²) in [5.74, 6) is 0. The average Bonchev–Trinajstić information content (AvgIpc) is 2.41. The second kappa shape index (κ2) is 6.97. The molecule has 0 unspecified atom stereocenters. The zero-order valence-electron chi connectivity index (χ0n) is 12.4. The largest absolute Gasteiger partial charge is 0.396 e. The van der Waals surface area contributed by atoms with E-state index in [4.69, 9.17) is 5.11 Å². The summed E-state index contributed by atoms with van der Waals surface area (Å²) in [6.07, 6.45) is 0.319. The molecule has 0 aliphatic rings. The number of non-ortho nitro benzene ring substituents is 1. The summed E-state index contributed by atoms with van der Waals surface area (Å²) in [7, 11) is -3.81. The Hall–Kier alpha value is -1.51. The summed E-state index contributed by atoms with van der Waals surface area (Å²) in [5, 5.41) is 19.8. The first-order valence-electron chi connectivity index (χ1n) is 6.62. The molecule has 0 fully saturated rings. The molecule has 0 aromatic heterocycles. The predicted octanol–water partition coefficient (Wildman–Crippen LogP) is 1.60. The molecule has 0 atom stereocenters. The van der Waals surface area contributed by atoms with Gasteiger partial charge in [0.05, 0.1) is 9.82 Å². The van der Waals surface area contributed by atoms with Crippen LogP contribution in [-0.4, -0.2) is 42.4 Å². The molecule has 0 aliphatic carbocycles. The molecule has 0 aliphatic heterocycles. The minimum absolute atomic E-state index is 0.0472. The van der Waals surface area contributed by atoms with E-state index in [1.807, 2.05) is 0 Å². The smallest absolute Gasteiger partial charge is 0.271 e. The molecule has 0 saturated carbocycles. The lowest BCUT2D eigenvalue weighted by atomic mass is 10.1. The third-order valence-corrected chi connectivity index (χ3v) is 5.45. The fraction of sp³-hybridized carbons (Fsp3) is 0.538. The van der Waals surface area contributed by atoms with Gasteiger partial charge in [0.2, 0.25) is 10.0 Å². The van der Waals surface area contributed by atoms with E-state index in [1.165, 1.54) is 10.4 Å². The molecule has 1 aromatic rings. The van der Waals surface area contributed by atoms with Crippen molar-refractivity contribution in [1.82, 2.24) is 4.31 Å². The van der Waals surface area contributed by atoms with E-state index in [2.05, 4.69) is 0 Å². The zero-order chi connectivity index (χ0) is 16.2. The number of aliphatic hydroxyl groups excluding tert-OH is 1. The number of rotatable bonds is 7. The van der Waals surface area contributed by atoms with Crippen molar-refractivity contribution in [1.29, 1.82) is 0 Å². The Morgan fingerprint density at radius 2 is 1.95 bits per heavy atom. The molecule has 7 nitrogen and oxygen atoms in total. The van der Waals surface area contributed by atoms with Crippen molar-refractivity contribution in [2.45, 2.75) is 32.1 Å². The molecule has 0 heterocycles. The zero-order valence-corrected chi connectivity index (χ0v) is 13.2. The molecule has 21 heavy (non-hydrogen) atoms. The van der Waals surface area contributed by atoms with Crippen LogP contribution in [0.15, 0.2) is 17.0 Å². The van der Waals surface area contributed by atoms with E-state index in [9.17, 15) is 18.5 Å². The van der Waals surface area contributed by atoms with Gasteiger partial charge in [0, 0.05) is 31.8 Å². The Bertz CT molecular complexity index is 628. The van der Waals surface area contributed by atoms with Crippen LogP contribution in [0.5, 0.6) is 0 Å². The maximum atomic E-state index is 12.6. The lowest BCUT2D eigenvalue weighted by Crippen LogP contribution is -2.33. The molecular formula is C13H20N2O5S. The first kappa shape index (κ1) is 17.5. The van der Waals surface area contributed by atoms with Gasteiger partial charge in [-0.25, -0.2) is 8.42 Å². The Kier molecular flexibility index (Phi) is 5.82. The molecule has 118 valence electrons. The van der Waals surface area contributed by atoms with Crippen LogP contribution in [0.3, 0.4) is 0 Å². The van der Waals surface area contributed by atoms with E-state index in [1.54, 1.807) is 20.8 Å². The lowest BCUT2D eigenvalue weighted by Gasteiger charge is -2.21. The summed E-state index contributed by atoms with van der Waals surface area (Å²) in [6.45, 7) is 5.27. The van der Waals surface area contributed by atoms with Gasteiger partial charge in [0.25, 0.3) is 5.69 Å². The highest BCUT2D eigenvalue weighted by Crippen LogP contribution is 2.27. The Balaban J connectivity index is 3.39. The molecule has 0 bridgehead atoms.